The van der Waals surface area contributed by atoms with E-state index in [0.717, 1.165) is 0 Å². The molecule has 7 heteroatoms. The molecule has 0 aromatic carbocycles. The van der Waals surface area contributed by atoms with Crippen LogP contribution in [0.15, 0.2) is 0 Å². The van der Waals surface area contributed by atoms with Crippen molar-refractivity contribution >= 4 is 21.2 Å². The van der Waals surface area contributed by atoms with Gasteiger partial charge in [-0.15, -0.1) is 0 Å². The third kappa shape index (κ3) is 6.02. The Morgan fingerprint density at radius 3 is 2.00 bits per heavy atom. The lowest BCUT2D eigenvalue weighted by Gasteiger charge is -1.98. The number of rotatable bonds is 2. The first-order chi connectivity index (χ1) is 3.42. The van der Waals surface area contributed by atoms with Crippen molar-refractivity contribution in [1.82, 2.24) is 0 Å². The zero-order chi connectivity index (χ0) is 6.78. The van der Waals surface area contributed by atoms with E-state index in [-0.39, 0.29) is 0 Å². The molecule has 1 N–H and O–H groups in total. The molecule has 0 spiro atoms. The summed E-state index contributed by atoms with van der Waals surface area (Å²) >= 11 is -2.72. The Bertz CT molecular complexity index is 177. The number of hydrogen-bond acceptors (Lipinski definition) is 4. The lowest BCUT2D eigenvalue weighted by Crippen LogP contribution is -2.08. The van der Waals surface area contributed by atoms with Crippen LogP contribution < -0.4 is 0 Å². The van der Waals surface area contributed by atoms with E-state index in [4.69, 9.17) is 4.55 Å². The molecule has 0 bridgehead atoms. The van der Waals surface area contributed by atoms with Crippen LogP contribution in [0.3, 0.4) is 0 Å². The predicted molar refractivity (Wildman–Crippen MR) is 25.3 cm³/mol. The zero-order valence-corrected chi connectivity index (χ0v) is 5.24. The van der Waals surface area contributed by atoms with E-state index in [1.54, 1.807) is 0 Å². The van der Waals surface area contributed by atoms with E-state index < -0.39 is 26.3 Å². The molecule has 0 amide bonds. The summed E-state index contributed by atoms with van der Waals surface area (Å²) in [5, 5.41) is -1.23. The van der Waals surface area contributed by atoms with Gasteiger partial charge in [0, 0.05) is 0 Å². The van der Waals surface area contributed by atoms with E-state index >= 15 is 0 Å². The highest BCUT2D eigenvalue weighted by Gasteiger charge is 2.01. The molecule has 0 heterocycles. The third-order valence-electron chi connectivity index (χ3n) is 0.245. The van der Waals surface area contributed by atoms with E-state index in [9.17, 15) is 17.2 Å². The van der Waals surface area contributed by atoms with Crippen LogP contribution >= 0.6 is 0 Å². The largest absolute Gasteiger partial charge is 0.772 e. The van der Waals surface area contributed by atoms with Gasteiger partial charge in [0.1, 0.15) is 5.08 Å². The molecule has 0 rings (SSSR count). The van der Waals surface area contributed by atoms with E-state index in [1.165, 1.54) is 0 Å². The van der Waals surface area contributed by atoms with Crippen LogP contribution in [0.25, 0.3) is 0 Å². The highest BCUT2D eigenvalue weighted by Crippen LogP contribution is 1.82. The highest BCUT2D eigenvalue weighted by atomic mass is 32.3. The fraction of sp³-hybridized carbons (Fsp3) is 1.00. The second-order valence-corrected chi connectivity index (χ2v) is 3.72. The fourth-order valence-corrected chi connectivity index (χ4v) is 1.09. The van der Waals surface area contributed by atoms with Crippen molar-refractivity contribution < 1.29 is 21.7 Å². The van der Waals surface area contributed by atoms with Gasteiger partial charge in [-0.25, -0.2) is 0 Å². The topological polar surface area (TPSA) is 94.5 Å². The van der Waals surface area contributed by atoms with Gasteiger partial charge in [0.15, 0.2) is 0 Å². The molecular formula is CH3O5S2-. The van der Waals surface area contributed by atoms with Gasteiger partial charge in [-0.2, -0.15) is 8.42 Å². The van der Waals surface area contributed by atoms with E-state index in [2.05, 4.69) is 0 Å². The quantitative estimate of drug-likeness (QED) is 0.399. The van der Waals surface area contributed by atoms with E-state index in [0.29, 0.717) is 0 Å². The molecule has 0 aliphatic heterocycles. The summed E-state index contributed by atoms with van der Waals surface area (Å²) in [6.45, 7) is 0. The van der Waals surface area contributed by atoms with Gasteiger partial charge in [-0.05, 0) is 11.1 Å². The Hall–Kier alpha value is 0.0200. The molecule has 0 aromatic rings. The first-order valence-corrected chi connectivity index (χ1v) is 4.28. The van der Waals surface area contributed by atoms with Crippen molar-refractivity contribution in [3.05, 3.63) is 0 Å². The van der Waals surface area contributed by atoms with Crippen LogP contribution in [0.5, 0.6) is 0 Å². The van der Waals surface area contributed by atoms with Crippen LogP contribution in [0, 0.1) is 0 Å². The smallest absolute Gasteiger partial charge is 0.275 e. The predicted octanol–water partition coefficient (Wildman–Crippen LogP) is -1.29. The normalized spacial score (nSPS) is 15.8. The van der Waals surface area contributed by atoms with Crippen molar-refractivity contribution in [3.8, 4) is 0 Å². The average molecular weight is 159 g/mol. The van der Waals surface area contributed by atoms with Crippen molar-refractivity contribution in [1.29, 1.82) is 0 Å². The van der Waals surface area contributed by atoms with Crippen LogP contribution in [-0.2, 0) is 21.2 Å². The molecule has 1 atom stereocenters. The summed E-state index contributed by atoms with van der Waals surface area (Å²) in [5.41, 5.74) is 0. The van der Waals surface area contributed by atoms with Gasteiger partial charge in [-0.1, -0.05) is 0 Å². The highest BCUT2D eigenvalue weighted by molar-refractivity contribution is 7.99. The molecule has 8 heavy (non-hydrogen) atoms. The Balaban J connectivity index is 3.95. The standard InChI is InChI=1S/CH4O5S2/c2-7(3)1-8(4,5)6/h1H2,(H,2,3)(H,4,5,6)/p-1. The van der Waals surface area contributed by atoms with Crippen LogP contribution in [0.2, 0.25) is 0 Å². The van der Waals surface area contributed by atoms with Crippen LogP contribution in [-0.4, -0.2) is 26.8 Å². The van der Waals surface area contributed by atoms with Gasteiger partial charge < -0.3 is 4.55 Å². The molecule has 1 unspecified atom stereocenters. The average Bonchev–Trinajstić information content (AvgIpc) is 1.21. The van der Waals surface area contributed by atoms with Gasteiger partial charge >= 0.3 is 0 Å². The molecule has 0 aliphatic rings. The Kier molecular flexibility index (Phi) is 2.54. The zero-order valence-electron chi connectivity index (χ0n) is 3.60. The van der Waals surface area contributed by atoms with Crippen molar-refractivity contribution in [2.45, 2.75) is 0 Å². The Morgan fingerprint density at radius 1 is 1.62 bits per heavy atom. The minimum absolute atomic E-state index is 1.23. The van der Waals surface area contributed by atoms with E-state index in [1.807, 2.05) is 0 Å². The Labute approximate surface area is 48.7 Å². The van der Waals surface area contributed by atoms with Crippen LogP contribution in [0.4, 0.5) is 0 Å². The monoisotopic (exact) mass is 159 g/mol. The molecule has 0 aliphatic carbocycles. The van der Waals surface area contributed by atoms with Crippen molar-refractivity contribution in [2.24, 2.45) is 0 Å². The lowest BCUT2D eigenvalue weighted by atomic mass is 11.9. The second kappa shape index (κ2) is 2.53. The maximum Gasteiger partial charge on any atom is 0.275 e. The van der Waals surface area contributed by atoms with Gasteiger partial charge in [0.25, 0.3) is 10.1 Å². The SMILES string of the molecule is O=S([O-])CS(=O)(=O)O. The lowest BCUT2D eigenvalue weighted by molar-refractivity contribution is 0.485. The molecule has 0 radical (unpaired) electrons. The first-order valence-electron chi connectivity index (χ1n) is 1.43. The summed E-state index contributed by atoms with van der Waals surface area (Å²) in [6, 6.07) is 0. The maximum absolute atomic E-state index is 9.60. The van der Waals surface area contributed by atoms with Gasteiger partial charge in [-0.3, -0.25) is 8.76 Å². The maximum atomic E-state index is 9.60. The fourth-order valence-electron chi connectivity index (χ4n) is 0.122. The van der Waals surface area contributed by atoms with Gasteiger partial charge in [0.2, 0.25) is 0 Å². The molecule has 0 aromatic heterocycles. The summed E-state index contributed by atoms with van der Waals surface area (Å²) in [5.74, 6) is 0. The molecular weight excluding hydrogens is 156 g/mol. The molecule has 0 saturated heterocycles. The second-order valence-electron chi connectivity index (χ2n) is 1.00. The number of hydrogen-bond donors (Lipinski definition) is 1. The molecule has 50 valence electrons. The minimum atomic E-state index is -4.34. The van der Waals surface area contributed by atoms with Crippen molar-refractivity contribution in [3.63, 3.8) is 0 Å². The molecule has 5 nitrogen and oxygen atoms in total. The third-order valence-corrected chi connectivity index (χ3v) is 2.21. The summed E-state index contributed by atoms with van der Waals surface area (Å²) in [4.78, 5) is 0. The molecule has 0 saturated carbocycles. The molecule has 0 fully saturated rings. The minimum Gasteiger partial charge on any atom is -0.772 e. The summed E-state index contributed by atoms with van der Waals surface area (Å²) < 4.78 is 45.9. The van der Waals surface area contributed by atoms with Crippen LogP contribution in [0.1, 0.15) is 0 Å². The summed E-state index contributed by atoms with van der Waals surface area (Å²) in [7, 11) is -4.34. The summed E-state index contributed by atoms with van der Waals surface area (Å²) in [6.07, 6.45) is 0. The van der Waals surface area contributed by atoms with Crippen molar-refractivity contribution in [2.75, 3.05) is 5.08 Å². The first kappa shape index (κ1) is 8.02. The van der Waals surface area contributed by atoms with Gasteiger partial charge in [0.05, 0.1) is 0 Å². The Morgan fingerprint density at radius 2 is 2.00 bits per heavy atom.